The summed E-state index contributed by atoms with van der Waals surface area (Å²) in [6.45, 7) is 7.57. The second-order valence-corrected chi connectivity index (χ2v) is 9.36. The van der Waals surface area contributed by atoms with Gasteiger partial charge in [-0.3, -0.25) is 14.4 Å². The maximum Gasteiger partial charge on any atom is 0.513 e. The lowest BCUT2D eigenvalue weighted by atomic mass is 9.95. The number of carbonyl (C=O) groups is 5. The van der Waals surface area contributed by atoms with Gasteiger partial charge in [0.1, 0.15) is 19.3 Å². The Bertz CT molecular complexity index is 1020. The van der Waals surface area contributed by atoms with Crippen molar-refractivity contribution in [3.8, 4) is 5.75 Å². The molecule has 12 nitrogen and oxygen atoms in total. The number of halogens is 1. The Kier molecular flexibility index (Phi) is 11.3. The molecule has 37 heavy (non-hydrogen) atoms. The Labute approximate surface area is 222 Å². The van der Waals surface area contributed by atoms with E-state index in [2.05, 4.69) is 26.2 Å². The van der Waals surface area contributed by atoms with Crippen LogP contribution in [0.1, 0.15) is 50.2 Å². The van der Waals surface area contributed by atoms with Gasteiger partial charge in [0.25, 0.3) is 5.91 Å². The molecule has 1 aromatic rings. The van der Waals surface area contributed by atoms with Crippen molar-refractivity contribution in [3.05, 3.63) is 23.5 Å². The summed E-state index contributed by atoms with van der Waals surface area (Å²) < 4.78 is 26.3. The van der Waals surface area contributed by atoms with E-state index in [1.54, 1.807) is 27.7 Å². The normalized spacial score (nSPS) is 22.0. The number of amides is 1. The van der Waals surface area contributed by atoms with E-state index in [9.17, 15) is 24.0 Å². The first-order valence-corrected chi connectivity index (χ1v) is 12.9. The van der Waals surface area contributed by atoms with Gasteiger partial charge in [-0.05, 0) is 31.9 Å². The molecule has 0 spiro atoms. The van der Waals surface area contributed by atoms with Crippen LogP contribution in [-0.2, 0) is 33.3 Å². The van der Waals surface area contributed by atoms with Crippen molar-refractivity contribution in [2.75, 3.05) is 18.5 Å². The van der Waals surface area contributed by atoms with Crippen LogP contribution < -0.4 is 10.1 Å². The molecule has 0 aromatic carbocycles. The van der Waals surface area contributed by atoms with Crippen LogP contribution in [0.25, 0.3) is 0 Å². The number of aromatic nitrogens is 1. The van der Waals surface area contributed by atoms with Gasteiger partial charge in [-0.2, -0.15) is 0 Å². The van der Waals surface area contributed by atoms with E-state index in [1.807, 2.05) is 0 Å². The summed E-state index contributed by atoms with van der Waals surface area (Å²) in [7, 11) is 0. The molecule has 0 radical (unpaired) electrons. The number of nitrogens with zero attached hydrogens (tertiary/aromatic N) is 1. The molecule has 0 saturated carbocycles. The summed E-state index contributed by atoms with van der Waals surface area (Å²) in [4.78, 5) is 66.9. The minimum atomic E-state index is -1.41. The summed E-state index contributed by atoms with van der Waals surface area (Å²) in [6.07, 6.45) is -1.54. The highest BCUT2D eigenvalue weighted by Gasteiger charge is 2.41. The molecule has 204 valence electrons. The molecule has 1 amide bonds. The number of rotatable bonds is 8. The second-order valence-electron chi connectivity index (χ2n) is 8.56. The molecule has 1 aliphatic rings. The zero-order chi connectivity index (χ0) is 27.7. The highest BCUT2D eigenvalue weighted by atomic mass is 79.9. The summed E-state index contributed by atoms with van der Waals surface area (Å²) in [5.74, 6) is -4.57. The van der Waals surface area contributed by atoms with Crippen molar-refractivity contribution < 1.29 is 47.7 Å². The Hall–Kier alpha value is -3.22. The van der Waals surface area contributed by atoms with Crippen molar-refractivity contribution in [3.63, 3.8) is 0 Å². The smallest absolute Gasteiger partial charge is 0.463 e. The van der Waals surface area contributed by atoms with Crippen LogP contribution in [0.3, 0.4) is 0 Å². The van der Waals surface area contributed by atoms with Crippen molar-refractivity contribution in [2.45, 2.75) is 59.3 Å². The van der Waals surface area contributed by atoms with E-state index in [0.29, 0.717) is 10.9 Å². The van der Waals surface area contributed by atoms with E-state index in [4.69, 9.17) is 23.7 Å². The van der Waals surface area contributed by atoms with Gasteiger partial charge in [0, 0.05) is 11.5 Å². The number of ether oxygens (including phenoxy) is 5. The number of cyclic esters (lactones) is 2. The Morgan fingerprint density at radius 1 is 1.24 bits per heavy atom. The van der Waals surface area contributed by atoms with Crippen molar-refractivity contribution in [2.24, 2.45) is 11.8 Å². The third-order valence-electron chi connectivity index (χ3n) is 5.41. The molecule has 13 heteroatoms. The molecular formula is C24H31BrN2O10. The Balaban J connectivity index is 2.26. The van der Waals surface area contributed by atoms with E-state index >= 15 is 0 Å². The lowest BCUT2D eigenvalue weighted by Crippen LogP contribution is -2.47. The van der Waals surface area contributed by atoms with Crippen LogP contribution in [0.4, 0.5) is 4.79 Å². The number of pyridine rings is 1. The maximum absolute atomic E-state index is 13.0. The molecule has 0 aliphatic carbocycles. The SMILES string of the molecule is CCC1C(=O)OCC(NC(=O)c2nccc(C)c2OC(=O)OCCBr)C(=O)OC(C)C1OC(=O)C(C)C. The predicted octanol–water partition coefficient (Wildman–Crippen LogP) is 2.48. The zero-order valence-electron chi connectivity index (χ0n) is 21.3. The van der Waals surface area contributed by atoms with E-state index < -0.39 is 66.7 Å². The van der Waals surface area contributed by atoms with Crippen LogP contribution in [-0.4, -0.2) is 71.7 Å². The lowest BCUT2D eigenvalue weighted by Gasteiger charge is -2.29. The first-order valence-electron chi connectivity index (χ1n) is 11.7. The van der Waals surface area contributed by atoms with Crippen molar-refractivity contribution >= 4 is 45.9 Å². The summed E-state index contributed by atoms with van der Waals surface area (Å²) in [5.41, 5.74) is 0.117. The van der Waals surface area contributed by atoms with Gasteiger partial charge >= 0.3 is 24.1 Å². The molecule has 1 saturated heterocycles. The van der Waals surface area contributed by atoms with Gasteiger partial charge < -0.3 is 29.0 Å². The van der Waals surface area contributed by atoms with Gasteiger partial charge in [0.05, 0.1) is 11.8 Å². The van der Waals surface area contributed by atoms with Crippen molar-refractivity contribution in [1.29, 1.82) is 0 Å². The van der Waals surface area contributed by atoms with Gasteiger partial charge in [-0.25, -0.2) is 14.6 Å². The Morgan fingerprint density at radius 2 is 1.95 bits per heavy atom. The summed E-state index contributed by atoms with van der Waals surface area (Å²) in [5, 5.41) is 2.80. The number of carbonyl (C=O) groups excluding carboxylic acids is 5. The quantitative estimate of drug-likeness (QED) is 0.271. The molecule has 1 N–H and O–H groups in total. The second kappa shape index (κ2) is 13.9. The highest BCUT2D eigenvalue weighted by Crippen LogP contribution is 2.25. The number of hydrogen-bond donors (Lipinski definition) is 1. The van der Waals surface area contributed by atoms with Crippen LogP contribution in [0.2, 0.25) is 0 Å². The zero-order valence-corrected chi connectivity index (χ0v) is 22.9. The molecule has 1 aromatic heterocycles. The largest absolute Gasteiger partial charge is 0.513 e. The number of hydrogen-bond acceptors (Lipinski definition) is 11. The highest BCUT2D eigenvalue weighted by molar-refractivity contribution is 9.09. The number of aryl methyl sites for hydroxylation is 1. The summed E-state index contributed by atoms with van der Waals surface area (Å²) >= 11 is 3.12. The van der Waals surface area contributed by atoms with Crippen molar-refractivity contribution in [1.82, 2.24) is 10.3 Å². The van der Waals surface area contributed by atoms with Crippen LogP contribution in [0.15, 0.2) is 12.3 Å². The van der Waals surface area contributed by atoms with Crippen LogP contribution in [0.5, 0.6) is 5.75 Å². The van der Waals surface area contributed by atoms with E-state index in [0.717, 1.165) is 0 Å². The maximum atomic E-state index is 13.0. The minimum Gasteiger partial charge on any atom is -0.463 e. The molecule has 0 bridgehead atoms. The van der Waals surface area contributed by atoms with Gasteiger partial charge in [0.2, 0.25) is 0 Å². The molecular weight excluding hydrogens is 556 g/mol. The molecule has 1 aliphatic heterocycles. The fraction of sp³-hybridized carbons (Fsp3) is 0.583. The third-order valence-corrected chi connectivity index (χ3v) is 5.73. The monoisotopic (exact) mass is 586 g/mol. The van der Waals surface area contributed by atoms with Crippen LogP contribution in [0, 0.1) is 18.8 Å². The minimum absolute atomic E-state index is 0.0450. The van der Waals surface area contributed by atoms with Gasteiger partial charge in [-0.15, -0.1) is 0 Å². The average molecular weight is 587 g/mol. The van der Waals surface area contributed by atoms with Gasteiger partial charge in [0.15, 0.2) is 23.6 Å². The lowest BCUT2D eigenvalue weighted by molar-refractivity contribution is -0.176. The van der Waals surface area contributed by atoms with E-state index in [-0.39, 0.29) is 24.5 Å². The summed E-state index contributed by atoms with van der Waals surface area (Å²) in [6, 6.07) is 0.108. The Morgan fingerprint density at radius 3 is 2.57 bits per heavy atom. The number of esters is 3. The predicted molar refractivity (Wildman–Crippen MR) is 131 cm³/mol. The van der Waals surface area contributed by atoms with Crippen LogP contribution >= 0.6 is 15.9 Å². The first kappa shape index (κ1) is 30.0. The fourth-order valence-electron chi connectivity index (χ4n) is 3.38. The average Bonchev–Trinajstić information content (AvgIpc) is 2.88. The first-order chi connectivity index (χ1) is 17.5. The molecule has 1 fully saturated rings. The number of nitrogens with one attached hydrogen (secondary N) is 1. The molecule has 2 heterocycles. The standard InChI is InChI=1S/C24H31BrN2O10/c1-6-15-19(36-21(29)12(2)3)14(5)35-23(31)16(11-34-22(15)30)27-20(28)17-18(13(4)7-9-26-17)37-24(32)33-10-8-25/h7,9,12,14-16,19H,6,8,10-11H2,1-5H3,(H,27,28). The molecule has 4 unspecified atom stereocenters. The van der Waals surface area contributed by atoms with Gasteiger partial charge in [-0.1, -0.05) is 36.7 Å². The molecule has 4 atom stereocenters. The topological polar surface area (TPSA) is 156 Å². The number of alkyl halides is 1. The fourth-order valence-corrected chi connectivity index (χ4v) is 3.54. The van der Waals surface area contributed by atoms with E-state index in [1.165, 1.54) is 19.2 Å². The molecule has 2 rings (SSSR count). The third kappa shape index (κ3) is 8.14.